The molecule has 1 fully saturated rings. The van der Waals surface area contributed by atoms with Crippen molar-refractivity contribution in [3.8, 4) is 0 Å². The summed E-state index contributed by atoms with van der Waals surface area (Å²) in [6.45, 7) is 1.45. The number of carboxylic acid groups (broad SMARTS) is 1. The minimum absolute atomic E-state index is 0.288. The van der Waals surface area contributed by atoms with E-state index in [9.17, 15) is 9.59 Å². The molecule has 0 unspecified atom stereocenters. The van der Waals surface area contributed by atoms with Gasteiger partial charge in [-0.3, -0.25) is 4.79 Å². The summed E-state index contributed by atoms with van der Waals surface area (Å²) in [6.07, 6.45) is 3.19. The molecule has 0 aromatic heterocycles. The summed E-state index contributed by atoms with van der Waals surface area (Å²) in [4.78, 5) is 23.5. The van der Waals surface area contributed by atoms with Gasteiger partial charge < -0.3 is 15.3 Å². The van der Waals surface area contributed by atoms with Gasteiger partial charge >= 0.3 is 12.0 Å². The van der Waals surface area contributed by atoms with Gasteiger partial charge in [-0.05, 0) is 26.2 Å². The van der Waals surface area contributed by atoms with Crippen LogP contribution in [-0.4, -0.2) is 41.1 Å². The molecular weight excluding hydrogens is 184 g/mol. The molecule has 0 aromatic carbocycles. The third-order valence-corrected chi connectivity index (χ3v) is 2.65. The Morgan fingerprint density at radius 2 is 2.07 bits per heavy atom. The fraction of sp³-hybridized carbons (Fsp3) is 0.778. The van der Waals surface area contributed by atoms with E-state index in [1.807, 2.05) is 0 Å². The zero-order valence-electron chi connectivity index (χ0n) is 8.49. The number of aliphatic carboxylic acids is 1. The lowest BCUT2D eigenvalue weighted by molar-refractivity contribution is -0.138. The number of hydrogen-bond donors (Lipinski definition) is 2. The Labute approximate surface area is 83.1 Å². The van der Waals surface area contributed by atoms with Crippen LogP contribution in [-0.2, 0) is 4.79 Å². The number of rotatable bonds is 3. The molecule has 0 saturated heterocycles. The van der Waals surface area contributed by atoms with Crippen LogP contribution in [0.5, 0.6) is 0 Å². The van der Waals surface area contributed by atoms with E-state index < -0.39 is 12.0 Å². The maximum Gasteiger partial charge on any atom is 0.325 e. The molecule has 80 valence electrons. The molecule has 0 heterocycles. The van der Waals surface area contributed by atoms with Crippen LogP contribution in [0.25, 0.3) is 0 Å². The summed E-state index contributed by atoms with van der Waals surface area (Å²) in [6, 6.07) is -0.842. The zero-order chi connectivity index (χ0) is 10.7. The van der Waals surface area contributed by atoms with E-state index in [1.165, 1.54) is 6.92 Å². The molecule has 1 rings (SSSR count). The highest BCUT2D eigenvalue weighted by Crippen LogP contribution is 2.23. The van der Waals surface area contributed by atoms with E-state index in [1.54, 1.807) is 11.9 Å². The first-order valence-electron chi connectivity index (χ1n) is 4.78. The van der Waals surface area contributed by atoms with Crippen LogP contribution in [0, 0.1) is 0 Å². The highest BCUT2D eigenvalue weighted by atomic mass is 16.4. The van der Waals surface area contributed by atoms with E-state index in [4.69, 9.17) is 5.11 Å². The highest BCUT2D eigenvalue weighted by Gasteiger charge is 2.26. The number of carboxylic acids is 1. The van der Waals surface area contributed by atoms with Gasteiger partial charge in [0.15, 0.2) is 0 Å². The van der Waals surface area contributed by atoms with Crippen molar-refractivity contribution in [1.29, 1.82) is 0 Å². The van der Waals surface area contributed by atoms with Crippen molar-refractivity contribution in [1.82, 2.24) is 10.2 Å². The molecule has 0 bridgehead atoms. The Kier molecular flexibility index (Phi) is 3.33. The number of amides is 2. The first-order valence-corrected chi connectivity index (χ1v) is 4.78. The van der Waals surface area contributed by atoms with Gasteiger partial charge in [0.2, 0.25) is 0 Å². The van der Waals surface area contributed by atoms with Crippen molar-refractivity contribution >= 4 is 12.0 Å². The maximum absolute atomic E-state index is 11.4. The second kappa shape index (κ2) is 4.30. The number of carbonyl (C=O) groups is 2. The van der Waals surface area contributed by atoms with E-state index >= 15 is 0 Å². The van der Waals surface area contributed by atoms with E-state index in [0.29, 0.717) is 0 Å². The molecule has 1 aliphatic rings. The Morgan fingerprint density at radius 1 is 1.50 bits per heavy atom. The lowest BCUT2D eigenvalue weighted by Crippen LogP contribution is -2.50. The largest absolute Gasteiger partial charge is 0.480 e. The van der Waals surface area contributed by atoms with Gasteiger partial charge in [-0.15, -0.1) is 0 Å². The first-order chi connectivity index (χ1) is 6.52. The molecule has 0 aromatic rings. The second-order valence-electron chi connectivity index (χ2n) is 3.71. The number of carbonyl (C=O) groups excluding carboxylic acids is 1. The van der Waals surface area contributed by atoms with Crippen molar-refractivity contribution in [3.05, 3.63) is 0 Å². The number of urea groups is 1. The van der Waals surface area contributed by atoms with Crippen molar-refractivity contribution in [3.63, 3.8) is 0 Å². The Hall–Kier alpha value is -1.26. The van der Waals surface area contributed by atoms with Crippen LogP contribution < -0.4 is 5.32 Å². The van der Waals surface area contributed by atoms with Crippen LogP contribution >= 0.6 is 0 Å². The molecule has 0 aliphatic heterocycles. The summed E-state index contributed by atoms with van der Waals surface area (Å²) < 4.78 is 0. The van der Waals surface area contributed by atoms with E-state index in [2.05, 4.69) is 5.32 Å². The average molecular weight is 200 g/mol. The lowest BCUT2D eigenvalue weighted by atomic mass is 9.92. The summed E-state index contributed by atoms with van der Waals surface area (Å²) in [5.74, 6) is -1.01. The summed E-state index contributed by atoms with van der Waals surface area (Å²) in [5.41, 5.74) is 0. The fourth-order valence-corrected chi connectivity index (χ4v) is 1.29. The Morgan fingerprint density at radius 3 is 2.43 bits per heavy atom. The highest BCUT2D eigenvalue weighted by molar-refractivity contribution is 5.82. The van der Waals surface area contributed by atoms with Crippen molar-refractivity contribution in [2.24, 2.45) is 0 Å². The molecule has 1 saturated carbocycles. The Bertz CT molecular complexity index is 238. The van der Waals surface area contributed by atoms with Crippen molar-refractivity contribution < 1.29 is 14.7 Å². The van der Waals surface area contributed by atoms with Gasteiger partial charge in [0.1, 0.15) is 6.04 Å². The van der Waals surface area contributed by atoms with Gasteiger partial charge in [-0.25, -0.2) is 4.79 Å². The molecule has 5 nitrogen and oxygen atoms in total. The van der Waals surface area contributed by atoms with Crippen molar-refractivity contribution in [2.75, 3.05) is 7.05 Å². The standard InChI is InChI=1S/C9H16N2O3/c1-6(8(12)13)10-9(14)11(2)7-4-3-5-7/h6-7H,3-5H2,1-2H3,(H,10,14)(H,12,13)/t6-/m1/s1. The molecule has 1 atom stereocenters. The van der Waals surface area contributed by atoms with Crippen LogP contribution in [0.3, 0.4) is 0 Å². The lowest BCUT2D eigenvalue weighted by Gasteiger charge is -2.35. The van der Waals surface area contributed by atoms with Crippen molar-refractivity contribution in [2.45, 2.75) is 38.3 Å². The third kappa shape index (κ3) is 2.37. The van der Waals surface area contributed by atoms with Crippen LogP contribution in [0.1, 0.15) is 26.2 Å². The fourth-order valence-electron chi connectivity index (χ4n) is 1.29. The predicted molar refractivity (Wildman–Crippen MR) is 51.0 cm³/mol. The minimum atomic E-state index is -1.01. The zero-order valence-corrected chi connectivity index (χ0v) is 8.49. The van der Waals surface area contributed by atoms with Gasteiger partial charge in [-0.2, -0.15) is 0 Å². The molecule has 0 radical (unpaired) electrons. The van der Waals surface area contributed by atoms with Gasteiger partial charge in [0.05, 0.1) is 0 Å². The number of nitrogens with one attached hydrogen (secondary N) is 1. The Balaban J connectivity index is 2.36. The van der Waals surface area contributed by atoms with Crippen LogP contribution in [0.2, 0.25) is 0 Å². The quantitative estimate of drug-likeness (QED) is 0.702. The molecule has 0 spiro atoms. The third-order valence-electron chi connectivity index (χ3n) is 2.65. The van der Waals surface area contributed by atoms with E-state index in [-0.39, 0.29) is 12.1 Å². The summed E-state index contributed by atoms with van der Waals surface area (Å²) in [7, 11) is 1.70. The summed E-state index contributed by atoms with van der Waals surface area (Å²) >= 11 is 0. The normalized spacial score (nSPS) is 18.1. The number of hydrogen-bond acceptors (Lipinski definition) is 2. The minimum Gasteiger partial charge on any atom is -0.480 e. The summed E-state index contributed by atoms with van der Waals surface area (Å²) in [5, 5.41) is 11.0. The van der Waals surface area contributed by atoms with Crippen LogP contribution in [0.15, 0.2) is 0 Å². The van der Waals surface area contributed by atoms with E-state index in [0.717, 1.165) is 19.3 Å². The average Bonchev–Trinajstić information content (AvgIpc) is 2.00. The predicted octanol–water partition coefficient (Wildman–Crippen LogP) is 0.653. The number of nitrogens with zero attached hydrogens (tertiary/aromatic N) is 1. The molecule has 2 amide bonds. The van der Waals surface area contributed by atoms with Gasteiger partial charge in [-0.1, -0.05) is 0 Å². The first kappa shape index (κ1) is 10.8. The van der Waals surface area contributed by atoms with Gasteiger partial charge in [0, 0.05) is 13.1 Å². The monoisotopic (exact) mass is 200 g/mol. The SMILES string of the molecule is C[C@@H](NC(=O)N(C)C1CCC1)C(=O)O. The van der Waals surface area contributed by atoms with Crippen LogP contribution in [0.4, 0.5) is 4.79 Å². The molecule has 2 N–H and O–H groups in total. The maximum atomic E-state index is 11.4. The smallest absolute Gasteiger partial charge is 0.325 e. The molecule has 14 heavy (non-hydrogen) atoms. The molecule has 5 heteroatoms. The molecular formula is C9H16N2O3. The second-order valence-corrected chi connectivity index (χ2v) is 3.71. The van der Waals surface area contributed by atoms with Gasteiger partial charge in [0.25, 0.3) is 0 Å². The topological polar surface area (TPSA) is 69.6 Å². The molecule has 1 aliphatic carbocycles.